The Kier molecular flexibility index (Phi) is 3.85. The van der Waals surface area contributed by atoms with Gasteiger partial charge in [-0.15, -0.1) is 11.6 Å². The predicted octanol–water partition coefficient (Wildman–Crippen LogP) is 2.69. The van der Waals surface area contributed by atoms with E-state index in [1.807, 2.05) is 23.6 Å². The van der Waals surface area contributed by atoms with E-state index >= 15 is 0 Å². The van der Waals surface area contributed by atoms with Crippen molar-refractivity contribution in [2.45, 2.75) is 26.3 Å². The third-order valence-electron chi connectivity index (χ3n) is 2.08. The Hall–Kier alpha value is -0.940. The second kappa shape index (κ2) is 4.94. The van der Waals surface area contributed by atoms with Crippen LogP contribution < -0.4 is 0 Å². The van der Waals surface area contributed by atoms with Gasteiger partial charge in [-0.2, -0.15) is 5.26 Å². The van der Waals surface area contributed by atoms with E-state index in [1.165, 1.54) is 0 Å². The Balaban J connectivity index is 2.64. The van der Waals surface area contributed by atoms with Crippen LogP contribution >= 0.6 is 11.6 Å². The highest BCUT2D eigenvalue weighted by Crippen LogP contribution is 2.09. The quantitative estimate of drug-likeness (QED) is 0.538. The second-order valence-corrected chi connectivity index (χ2v) is 3.40. The van der Waals surface area contributed by atoms with Crippen LogP contribution in [-0.2, 0) is 6.54 Å². The Labute approximate surface area is 83.7 Å². The zero-order chi connectivity index (χ0) is 9.68. The van der Waals surface area contributed by atoms with Gasteiger partial charge in [-0.25, -0.2) is 0 Å². The second-order valence-electron chi connectivity index (χ2n) is 3.02. The molecule has 0 atom stereocenters. The molecule has 0 aliphatic carbocycles. The Bertz CT molecular complexity index is 309. The minimum Gasteiger partial charge on any atom is -0.337 e. The fourth-order valence-electron chi connectivity index (χ4n) is 1.33. The summed E-state index contributed by atoms with van der Waals surface area (Å²) in [7, 11) is 0. The number of aromatic nitrogens is 1. The number of aryl methyl sites for hydroxylation is 1. The van der Waals surface area contributed by atoms with E-state index in [2.05, 4.69) is 6.07 Å². The molecule has 3 heteroatoms. The molecule has 0 bridgehead atoms. The van der Waals surface area contributed by atoms with E-state index in [-0.39, 0.29) is 0 Å². The predicted molar refractivity (Wildman–Crippen MR) is 53.8 cm³/mol. The van der Waals surface area contributed by atoms with E-state index in [0.29, 0.717) is 5.88 Å². The van der Waals surface area contributed by atoms with E-state index in [1.54, 1.807) is 0 Å². The molecule has 1 aromatic rings. The van der Waals surface area contributed by atoms with Crippen molar-refractivity contribution < 1.29 is 0 Å². The van der Waals surface area contributed by atoms with Crippen LogP contribution in [0.15, 0.2) is 12.1 Å². The molecule has 0 unspecified atom stereocenters. The zero-order valence-corrected chi connectivity index (χ0v) is 8.51. The molecule has 1 rings (SSSR count). The van der Waals surface area contributed by atoms with Crippen molar-refractivity contribution in [2.24, 2.45) is 0 Å². The number of unbranched alkanes of at least 4 members (excludes halogenated alkanes) is 1. The third-order valence-corrected chi connectivity index (χ3v) is 2.35. The summed E-state index contributed by atoms with van der Waals surface area (Å²) in [6.45, 7) is 2.91. The number of halogens is 1. The number of alkyl halides is 1. The summed E-state index contributed by atoms with van der Waals surface area (Å²) in [5, 5.41) is 8.79. The average Bonchev–Trinajstić information content (AvgIpc) is 2.48. The Morgan fingerprint density at radius 2 is 2.23 bits per heavy atom. The zero-order valence-electron chi connectivity index (χ0n) is 7.76. The van der Waals surface area contributed by atoms with Crippen LogP contribution in [-0.4, -0.2) is 10.4 Å². The van der Waals surface area contributed by atoms with Gasteiger partial charge in [-0.1, -0.05) is 0 Å². The van der Waals surface area contributed by atoms with Gasteiger partial charge in [0.25, 0.3) is 0 Å². The standard InChI is InChI=1S/C10H13ClN2/c1-9-4-5-10(8-12)13(9)7-3-2-6-11/h4-5H,2-3,6-7H2,1H3. The van der Waals surface area contributed by atoms with Gasteiger partial charge in [0, 0.05) is 18.1 Å². The van der Waals surface area contributed by atoms with Gasteiger partial charge >= 0.3 is 0 Å². The fraction of sp³-hybridized carbons (Fsp3) is 0.500. The maximum atomic E-state index is 8.79. The Morgan fingerprint density at radius 1 is 1.46 bits per heavy atom. The maximum absolute atomic E-state index is 8.79. The number of nitriles is 1. The van der Waals surface area contributed by atoms with Gasteiger partial charge in [0.05, 0.1) is 0 Å². The summed E-state index contributed by atoms with van der Waals surface area (Å²) in [6.07, 6.45) is 2.04. The van der Waals surface area contributed by atoms with Crippen LogP contribution in [0.2, 0.25) is 0 Å². The molecular weight excluding hydrogens is 184 g/mol. The number of rotatable bonds is 4. The van der Waals surface area contributed by atoms with Crippen LogP contribution in [0.3, 0.4) is 0 Å². The lowest BCUT2D eigenvalue weighted by Crippen LogP contribution is -2.02. The van der Waals surface area contributed by atoms with Gasteiger partial charge in [0.1, 0.15) is 11.8 Å². The highest BCUT2D eigenvalue weighted by atomic mass is 35.5. The molecule has 0 aromatic carbocycles. The van der Waals surface area contributed by atoms with Gasteiger partial charge in [0.15, 0.2) is 0 Å². The van der Waals surface area contributed by atoms with Crippen molar-refractivity contribution in [3.8, 4) is 6.07 Å². The van der Waals surface area contributed by atoms with Crippen molar-refractivity contribution in [1.82, 2.24) is 4.57 Å². The summed E-state index contributed by atoms with van der Waals surface area (Å²) in [4.78, 5) is 0. The Morgan fingerprint density at radius 3 is 2.85 bits per heavy atom. The van der Waals surface area contributed by atoms with Crippen LogP contribution in [0.25, 0.3) is 0 Å². The lowest BCUT2D eigenvalue weighted by atomic mass is 10.3. The van der Waals surface area contributed by atoms with E-state index in [9.17, 15) is 0 Å². The van der Waals surface area contributed by atoms with Crippen molar-refractivity contribution in [2.75, 3.05) is 5.88 Å². The SMILES string of the molecule is Cc1ccc(C#N)n1CCCCCl. The van der Waals surface area contributed by atoms with E-state index in [4.69, 9.17) is 16.9 Å². The van der Waals surface area contributed by atoms with E-state index < -0.39 is 0 Å². The average molecular weight is 197 g/mol. The van der Waals surface area contributed by atoms with Crippen molar-refractivity contribution in [3.05, 3.63) is 23.5 Å². The minimum atomic E-state index is 0.697. The molecule has 1 aromatic heterocycles. The molecule has 2 nitrogen and oxygen atoms in total. The smallest absolute Gasteiger partial charge is 0.120 e. The lowest BCUT2D eigenvalue weighted by molar-refractivity contribution is 0.618. The third kappa shape index (κ3) is 2.50. The molecule has 0 aliphatic rings. The summed E-state index contributed by atoms with van der Waals surface area (Å²) in [5.74, 6) is 0.697. The molecule has 0 spiro atoms. The van der Waals surface area contributed by atoms with Crippen LogP contribution in [0.4, 0.5) is 0 Å². The summed E-state index contributed by atoms with van der Waals surface area (Å²) in [5.41, 5.74) is 1.89. The first-order valence-electron chi connectivity index (χ1n) is 4.41. The van der Waals surface area contributed by atoms with Crippen LogP contribution in [0, 0.1) is 18.3 Å². The molecule has 0 radical (unpaired) electrons. The molecule has 0 aliphatic heterocycles. The molecule has 0 amide bonds. The van der Waals surface area contributed by atoms with Gasteiger partial charge in [-0.3, -0.25) is 0 Å². The van der Waals surface area contributed by atoms with Gasteiger partial charge in [-0.05, 0) is 31.9 Å². The van der Waals surface area contributed by atoms with Crippen LogP contribution in [0.5, 0.6) is 0 Å². The first-order valence-corrected chi connectivity index (χ1v) is 4.95. The number of hydrogen-bond acceptors (Lipinski definition) is 1. The highest BCUT2D eigenvalue weighted by molar-refractivity contribution is 6.17. The number of hydrogen-bond donors (Lipinski definition) is 0. The van der Waals surface area contributed by atoms with E-state index in [0.717, 1.165) is 30.8 Å². The highest BCUT2D eigenvalue weighted by Gasteiger charge is 2.02. The first-order chi connectivity index (χ1) is 6.29. The molecular formula is C10H13ClN2. The van der Waals surface area contributed by atoms with Crippen molar-refractivity contribution in [1.29, 1.82) is 5.26 Å². The topological polar surface area (TPSA) is 28.7 Å². The monoisotopic (exact) mass is 196 g/mol. The molecule has 13 heavy (non-hydrogen) atoms. The molecule has 1 heterocycles. The fourth-order valence-corrected chi connectivity index (χ4v) is 1.52. The molecule has 70 valence electrons. The molecule has 0 fully saturated rings. The van der Waals surface area contributed by atoms with Crippen molar-refractivity contribution in [3.63, 3.8) is 0 Å². The number of nitrogens with zero attached hydrogens (tertiary/aromatic N) is 2. The van der Waals surface area contributed by atoms with Gasteiger partial charge < -0.3 is 4.57 Å². The maximum Gasteiger partial charge on any atom is 0.120 e. The summed E-state index contributed by atoms with van der Waals surface area (Å²) >= 11 is 5.58. The molecule has 0 saturated carbocycles. The lowest BCUT2D eigenvalue weighted by Gasteiger charge is -2.06. The van der Waals surface area contributed by atoms with Crippen LogP contribution in [0.1, 0.15) is 24.2 Å². The van der Waals surface area contributed by atoms with Gasteiger partial charge in [0.2, 0.25) is 0 Å². The minimum absolute atomic E-state index is 0.697. The first kappa shape index (κ1) is 10.1. The molecule has 0 saturated heterocycles. The van der Waals surface area contributed by atoms with Crippen molar-refractivity contribution >= 4 is 11.6 Å². The normalized spacial score (nSPS) is 9.92. The summed E-state index contributed by atoms with van der Waals surface area (Å²) in [6, 6.07) is 6.00. The molecule has 0 N–H and O–H groups in total. The summed E-state index contributed by atoms with van der Waals surface area (Å²) < 4.78 is 2.03. The largest absolute Gasteiger partial charge is 0.337 e.